The summed E-state index contributed by atoms with van der Waals surface area (Å²) in [7, 11) is 0. The van der Waals surface area contributed by atoms with Crippen molar-refractivity contribution in [3.05, 3.63) is 41.8 Å². The molecule has 2 aromatic rings. The van der Waals surface area contributed by atoms with Gasteiger partial charge in [-0.1, -0.05) is 6.07 Å². The highest BCUT2D eigenvalue weighted by Gasteiger charge is 2.36. The molecule has 0 radical (unpaired) electrons. The molecular weight excluding hydrogens is 290 g/mol. The zero-order valence-electron chi connectivity index (χ0n) is 10.9. The van der Waals surface area contributed by atoms with E-state index >= 15 is 0 Å². The van der Waals surface area contributed by atoms with Crippen molar-refractivity contribution >= 4 is 11.6 Å². The third-order valence-electron chi connectivity index (χ3n) is 2.42. The number of nitrogens with one attached hydrogen (secondary N) is 1. The van der Waals surface area contributed by atoms with E-state index in [4.69, 9.17) is 4.74 Å². The number of hydrogen-bond donors (Lipinski definition) is 1. The van der Waals surface area contributed by atoms with Crippen molar-refractivity contribution in [2.45, 2.75) is 13.1 Å². The van der Waals surface area contributed by atoms with Crippen molar-refractivity contribution in [3.8, 4) is 5.88 Å². The molecule has 0 unspecified atom stereocenters. The van der Waals surface area contributed by atoms with Crippen LogP contribution < -0.4 is 10.1 Å². The summed E-state index contributed by atoms with van der Waals surface area (Å²) in [5, 5.41) is 2.61. The van der Waals surface area contributed by atoms with Crippen LogP contribution in [0.2, 0.25) is 0 Å². The molecule has 4 nitrogen and oxygen atoms in total. The van der Waals surface area contributed by atoms with Gasteiger partial charge < -0.3 is 10.1 Å². The number of aromatic nitrogens is 2. The second-order valence-electron chi connectivity index (χ2n) is 3.98. The molecule has 2 rings (SSSR count). The molecule has 0 spiro atoms. The molecule has 0 amide bonds. The van der Waals surface area contributed by atoms with Gasteiger partial charge in [0.15, 0.2) is 0 Å². The Morgan fingerprint density at radius 3 is 2.67 bits per heavy atom. The average molecular weight is 301 g/mol. The lowest BCUT2D eigenvalue weighted by molar-refractivity contribution is -0.139. The van der Waals surface area contributed by atoms with Crippen LogP contribution in [0.25, 0.3) is 0 Å². The second kappa shape index (κ2) is 5.94. The standard InChI is InChI=1S/C13H11F4N3O/c1-2-21-11-10(13(15,16)17)7-18-12(20-11)19-9-5-3-4-8(14)6-9/h3-7H,2H2,1H3,(H,18,19,20). The highest BCUT2D eigenvalue weighted by atomic mass is 19.4. The van der Waals surface area contributed by atoms with E-state index in [0.29, 0.717) is 11.9 Å². The van der Waals surface area contributed by atoms with Crippen LogP contribution in [0.4, 0.5) is 29.2 Å². The van der Waals surface area contributed by atoms with Gasteiger partial charge in [0.1, 0.15) is 11.4 Å². The molecule has 0 saturated carbocycles. The predicted molar refractivity (Wildman–Crippen MR) is 67.9 cm³/mol. The smallest absolute Gasteiger partial charge is 0.423 e. The quantitative estimate of drug-likeness (QED) is 0.873. The van der Waals surface area contributed by atoms with Gasteiger partial charge in [0.2, 0.25) is 11.8 Å². The van der Waals surface area contributed by atoms with Crippen LogP contribution in [0.3, 0.4) is 0 Å². The SMILES string of the molecule is CCOc1nc(Nc2cccc(F)c2)ncc1C(F)(F)F. The fraction of sp³-hybridized carbons (Fsp3) is 0.231. The van der Waals surface area contributed by atoms with E-state index in [1.165, 1.54) is 24.3 Å². The third kappa shape index (κ3) is 3.80. The Balaban J connectivity index is 2.31. The number of alkyl halides is 3. The first-order valence-electron chi connectivity index (χ1n) is 5.99. The maximum atomic E-state index is 13.0. The molecule has 0 saturated heterocycles. The lowest BCUT2D eigenvalue weighted by Gasteiger charge is -2.13. The van der Waals surface area contributed by atoms with Crippen molar-refractivity contribution < 1.29 is 22.3 Å². The van der Waals surface area contributed by atoms with E-state index in [9.17, 15) is 17.6 Å². The van der Waals surface area contributed by atoms with Crippen LogP contribution in [0.5, 0.6) is 5.88 Å². The number of ether oxygens (including phenoxy) is 1. The van der Waals surface area contributed by atoms with E-state index in [1.54, 1.807) is 6.92 Å². The van der Waals surface area contributed by atoms with Crippen LogP contribution in [0.15, 0.2) is 30.5 Å². The molecule has 0 atom stereocenters. The van der Waals surface area contributed by atoms with Crippen LogP contribution in [0, 0.1) is 5.82 Å². The van der Waals surface area contributed by atoms with Crippen molar-refractivity contribution in [3.63, 3.8) is 0 Å². The Morgan fingerprint density at radius 1 is 1.29 bits per heavy atom. The third-order valence-corrected chi connectivity index (χ3v) is 2.42. The minimum atomic E-state index is -4.61. The Hall–Kier alpha value is -2.38. The lowest BCUT2D eigenvalue weighted by atomic mass is 10.3. The minimum Gasteiger partial charge on any atom is -0.477 e. The molecule has 0 fully saturated rings. The number of anilines is 2. The van der Waals surface area contributed by atoms with Gasteiger partial charge >= 0.3 is 6.18 Å². The fourth-order valence-electron chi connectivity index (χ4n) is 1.56. The largest absolute Gasteiger partial charge is 0.477 e. The van der Waals surface area contributed by atoms with Gasteiger partial charge in [-0.2, -0.15) is 18.2 Å². The Kier molecular flexibility index (Phi) is 4.25. The van der Waals surface area contributed by atoms with Gasteiger partial charge in [0.05, 0.1) is 6.61 Å². The van der Waals surface area contributed by atoms with Crippen LogP contribution in [-0.2, 0) is 6.18 Å². The van der Waals surface area contributed by atoms with Crippen LogP contribution in [0.1, 0.15) is 12.5 Å². The van der Waals surface area contributed by atoms with E-state index in [1.807, 2.05) is 0 Å². The maximum Gasteiger partial charge on any atom is 0.423 e. The summed E-state index contributed by atoms with van der Waals surface area (Å²) in [6, 6.07) is 5.39. The predicted octanol–water partition coefficient (Wildman–Crippen LogP) is 3.78. The summed E-state index contributed by atoms with van der Waals surface area (Å²) in [6.45, 7) is 1.57. The molecular formula is C13H11F4N3O. The van der Waals surface area contributed by atoms with Crippen LogP contribution >= 0.6 is 0 Å². The summed E-state index contributed by atoms with van der Waals surface area (Å²) in [4.78, 5) is 7.24. The first-order chi connectivity index (χ1) is 9.90. The van der Waals surface area contributed by atoms with E-state index < -0.39 is 23.4 Å². The summed E-state index contributed by atoms with van der Waals surface area (Å²) >= 11 is 0. The van der Waals surface area contributed by atoms with Gasteiger partial charge in [-0.25, -0.2) is 9.37 Å². The van der Waals surface area contributed by atoms with Crippen molar-refractivity contribution in [1.82, 2.24) is 9.97 Å². The summed E-state index contributed by atoms with van der Waals surface area (Å²) in [5.41, 5.74) is -0.744. The average Bonchev–Trinajstić information content (AvgIpc) is 2.38. The fourth-order valence-corrected chi connectivity index (χ4v) is 1.56. The zero-order valence-corrected chi connectivity index (χ0v) is 10.9. The number of benzene rings is 1. The highest BCUT2D eigenvalue weighted by molar-refractivity contribution is 5.53. The Bertz CT molecular complexity index is 631. The molecule has 112 valence electrons. The van der Waals surface area contributed by atoms with E-state index in [-0.39, 0.29) is 12.6 Å². The van der Waals surface area contributed by atoms with Gasteiger partial charge in [-0.15, -0.1) is 0 Å². The number of hydrogen-bond acceptors (Lipinski definition) is 4. The molecule has 0 bridgehead atoms. The Labute approximate surface area is 117 Å². The number of nitrogens with zero attached hydrogens (tertiary/aromatic N) is 2. The highest BCUT2D eigenvalue weighted by Crippen LogP contribution is 2.35. The molecule has 1 N–H and O–H groups in total. The van der Waals surface area contributed by atoms with Gasteiger partial charge in [-0.3, -0.25) is 0 Å². The first-order valence-corrected chi connectivity index (χ1v) is 5.99. The minimum absolute atomic E-state index is 0.0273. The molecule has 8 heteroatoms. The zero-order chi connectivity index (χ0) is 15.5. The van der Waals surface area contributed by atoms with E-state index in [2.05, 4.69) is 15.3 Å². The molecule has 0 aliphatic carbocycles. The molecule has 1 aromatic carbocycles. The van der Waals surface area contributed by atoms with Gasteiger partial charge in [0, 0.05) is 11.9 Å². The van der Waals surface area contributed by atoms with Gasteiger partial charge in [0.25, 0.3) is 0 Å². The molecule has 1 heterocycles. The van der Waals surface area contributed by atoms with Crippen molar-refractivity contribution in [2.75, 3.05) is 11.9 Å². The topological polar surface area (TPSA) is 47.0 Å². The molecule has 1 aromatic heterocycles. The molecule has 21 heavy (non-hydrogen) atoms. The molecule has 0 aliphatic rings. The molecule has 0 aliphatic heterocycles. The van der Waals surface area contributed by atoms with Crippen LogP contribution in [-0.4, -0.2) is 16.6 Å². The first kappa shape index (κ1) is 15.0. The lowest BCUT2D eigenvalue weighted by Crippen LogP contribution is -2.12. The van der Waals surface area contributed by atoms with E-state index in [0.717, 1.165) is 0 Å². The van der Waals surface area contributed by atoms with Crippen molar-refractivity contribution in [1.29, 1.82) is 0 Å². The maximum absolute atomic E-state index is 13.0. The summed E-state index contributed by atoms with van der Waals surface area (Å²) in [5.74, 6) is -1.17. The number of halogens is 4. The normalized spacial score (nSPS) is 11.3. The summed E-state index contributed by atoms with van der Waals surface area (Å²) in [6.07, 6.45) is -3.98. The van der Waals surface area contributed by atoms with Gasteiger partial charge in [-0.05, 0) is 25.1 Å². The number of rotatable bonds is 4. The Morgan fingerprint density at radius 2 is 2.05 bits per heavy atom. The summed E-state index contributed by atoms with van der Waals surface area (Å²) < 4.78 is 56.2. The second-order valence-corrected chi connectivity index (χ2v) is 3.98. The van der Waals surface area contributed by atoms with Crippen molar-refractivity contribution in [2.24, 2.45) is 0 Å². The monoisotopic (exact) mass is 301 g/mol.